The van der Waals surface area contributed by atoms with Gasteiger partial charge in [0.1, 0.15) is 11.5 Å². The molecule has 37 heavy (non-hydrogen) atoms. The van der Waals surface area contributed by atoms with Gasteiger partial charge in [-0.15, -0.1) is 0 Å². The number of amides is 1. The number of anilines is 4. The Labute approximate surface area is 215 Å². The van der Waals surface area contributed by atoms with Crippen LogP contribution in [0.15, 0.2) is 108 Å². The molecule has 7 heteroatoms. The van der Waals surface area contributed by atoms with E-state index in [1.807, 2.05) is 102 Å². The highest BCUT2D eigenvalue weighted by Gasteiger charge is 2.16. The van der Waals surface area contributed by atoms with Crippen LogP contribution in [0.25, 0.3) is 16.7 Å². The molecular formula is C30H27N5O2. The Hall–Kier alpha value is -4.91. The Balaban J connectivity index is 1.53. The van der Waals surface area contributed by atoms with Crippen molar-refractivity contribution in [2.45, 2.75) is 6.92 Å². The second-order valence-corrected chi connectivity index (χ2v) is 8.69. The SMILES string of the molecule is Cc1nc2c(cc1NCC(=O)N(C)c1ccccc1)c(=O)cc(Nc1ccccc1)n2-c1ccccc1. The molecule has 0 spiro atoms. The predicted octanol–water partition coefficient (Wildman–Crippen LogP) is 5.51. The molecule has 184 valence electrons. The summed E-state index contributed by atoms with van der Waals surface area (Å²) in [6.45, 7) is 1.93. The molecule has 0 atom stereocenters. The molecule has 0 saturated carbocycles. The topological polar surface area (TPSA) is 79.3 Å². The summed E-state index contributed by atoms with van der Waals surface area (Å²) in [4.78, 5) is 32.5. The fraction of sp³-hybridized carbons (Fsp3) is 0.100. The normalized spacial score (nSPS) is 10.8. The minimum atomic E-state index is -0.163. The molecule has 0 aliphatic rings. The number of hydrogen-bond donors (Lipinski definition) is 2. The smallest absolute Gasteiger partial charge is 0.246 e. The number of carbonyl (C=O) groups excluding carboxylic acids is 1. The van der Waals surface area contributed by atoms with Crippen molar-refractivity contribution in [3.63, 3.8) is 0 Å². The van der Waals surface area contributed by atoms with Crippen molar-refractivity contribution in [1.82, 2.24) is 9.55 Å². The van der Waals surface area contributed by atoms with Crippen LogP contribution in [0.1, 0.15) is 5.69 Å². The van der Waals surface area contributed by atoms with Crippen LogP contribution in [0.5, 0.6) is 0 Å². The Bertz CT molecular complexity index is 1600. The van der Waals surface area contributed by atoms with E-state index in [-0.39, 0.29) is 17.9 Å². The van der Waals surface area contributed by atoms with Gasteiger partial charge in [-0.1, -0.05) is 54.6 Å². The van der Waals surface area contributed by atoms with E-state index in [4.69, 9.17) is 4.98 Å². The van der Waals surface area contributed by atoms with Gasteiger partial charge in [0.05, 0.1) is 23.3 Å². The number of benzene rings is 3. The van der Waals surface area contributed by atoms with Crippen molar-refractivity contribution in [1.29, 1.82) is 0 Å². The lowest BCUT2D eigenvalue weighted by molar-refractivity contribution is -0.116. The van der Waals surface area contributed by atoms with Crippen molar-refractivity contribution in [3.8, 4) is 5.69 Å². The number of likely N-dealkylation sites (N-methyl/N-ethyl adjacent to an activating group) is 1. The third-order valence-electron chi connectivity index (χ3n) is 6.19. The molecule has 3 aromatic carbocycles. The van der Waals surface area contributed by atoms with Gasteiger partial charge in [-0.3, -0.25) is 14.2 Å². The number of hydrogen-bond acceptors (Lipinski definition) is 5. The van der Waals surface area contributed by atoms with E-state index in [0.717, 1.165) is 17.1 Å². The van der Waals surface area contributed by atoms with Gasteiger partial charge in [0.15, 0.2) is 5.43 Å². The van der Waals surface area contributed by atoms with Gasteiger partial charge in [-0.2, -0.15) is 0 Å². The van der Waals surface area contributed by atoms with Gasteiger partial charge >= 0.3 is 0 Å². The molecule has 2 heterocycles. The molecule has 2 N–H and O–H groups in total. The molecule has 0 radical (unpaired) electrons. The Kier molecular flexibility index (Phi) is 6.68. The van der Waals surface area contributed by atoms with Crippen molar-refractivity contribution in [2.75, 3.05) is 29.1 Å². The van der Waals surface area contributed by atoms with E-state index in [1.165, 1.54) is 0 Å². The van der Waals surface area contributed by atoms with Gasteiger partial charge in [0, 0.05) is 30.2 Å². The van der Waals surface area contributed by atoms with Crippen LogP contribution >= 0.6 is 0 Å². The van der Waals surface area contributed by atoms with Crippen LogP contribution < -0.4 is 21.0 Å². The van der Waals surface area contributed by atoms with E-state index in [1.54, 1.807) is 24.1 Å². The quantitative estimate of drug-likeness (QED) is 0.315. The molecule has 0 aliphatic heterocycles. The summed E-state index contributed by atoms with van der Waals surface area (Å²) in [5.41, 5.74) is 4.25. The summed E-state index contributed by atoms with van der Waals surface area (Å²) in [5.74, 6) is 0.511. The zero-order valence-corrected chi connectivity index (χ0v) is 20.7. The lowest BCUT2D eigenvalue weighted by atomic mass is 10.2. The predicted molar refractivity (Wildman–Crippen MR) is 150 cm³/mol. The Morgan fingerprint density at radius 2 is 1.51 bits per heavy atom. The molecule has 0 aliphatic carbocycles. The van der Waals surface area contributed by atoms with Crippen LogP contribution in [0.2, 0.25) is 0 Å². The lowest BCUT2D eigenvalue weighted by Crippen LogP contribution is -2.32. The highest BCUT2D eigenvalue weighted by Crippen LogP contribution is 2.27. The third-order valence-corrected chi connectivity index (χ3v) is 6.19. The van der Waals surface area contributed by atoms with E-state index in [0.29, 0.717) is 28.2 Å². The number of pyridine rings is 2. The molecule has 0 bridgehead atoms. The van der Waals surface area contributed by atoms with Crippen LogP contribution in [0.4, 0.5) is 22.9 Å². The minimum Gasteiger partial charge on any atom is -0.375 e. The first kappa shape index (κ1) is 23.8. The first-order chi connectivity index (χ1) is 18.0. The number of nitrogens with zero attached hydrogens (tertiary/aromatic N) is 3. The summed E-state index contributed by atoms with van der Waals surface area (Å²) in [7, 11) is 1.74. The minimum absolute atomic E-state index is 0.0694. The zero-order valence-electron chi connectivity index (χ0n) is 20.7. The van der Waals surface area contributed by atoms with Gasteiger partial charge in [0.2, 0.25) is 5.91 Å². The maximum absolute atomic E-state index is 13.3. The number of aromatic nitrogens is 2. The maximum atomic E-state index is 13.3. The van der Waals surface area contributed by atoms with E-state index < -0.39 is 0 Å². The van der Waals surface area contributed by atoms with Crippen molar-refractivity contribution in [3.05, 3.63) is 119 Å². The molecular weight excluding hydrogens is 462 g/mol. The lowest BCUT2D eigenvalue weighted by Gasteiger charge is -2.20. The molecule has 5 aromatic rings. The van der Waals surface area contributed by atoms with E-state index in [9.17, 15) is 9.59 Å². The first-order valence-electron chi connectivity index (χ1n) is 12.0. The van der Waals surface area contributed by atoms with Gasteiger partial charge in [0.25, 0.3) is 0 Å². The fourth-order valence-corrected chi connectivity index (χ4v) is 4.19. The van der Waals surface area contributed by atoms with Gasteiger partial charge in [-0.05, 0) is 49.4 Å². The average molecular weight is 490 g/mol. The molecule has 1 amide bonds. The standard InChI is InChI=1S/C30H27N5O2/c1-21-26(31-20-29(37)34(2)23-14-8-4-9-15-23)18-25-27(36)19-28(33-22-12-6-3-7-13-22)35(30(25)32-21)24-16-10-5-11-17-24/h3-19,31,33H,20H2,1-2H3. The van der Waals surface area contributed by atoms with Crippen molar-refractivity contribution in [2.24, 2.45) is 0 Å². The monoisotopic (exact) mass is 489 g/mol. The van der Waals surface area contributed by atoms with Crippen molar-refractivity contribution < 1.29 is 4.79 Å². The first-order valence-corrected chi connectivity index (χ1v) is 12.0. The van der Waals surface area contributed by atoms with Gasteiger partial charge in [-0.25, -0.2) is 4.98 Å². The van der Waals surface area contributed by atoms with Crippen molar-refractivity contribution >= 4 is 39.8 Å². The number of fused-ring (bicyclic) bond motifs is 1. The summed E-state index contributed by atoms with van der Waals surface area (Å²) >= 11 is 0. The Morgan fingerprint density at radius 1 is 0.892 bits per heavy atom. The number of rotatable bonds is 7. The Morgan fingerprint density at radius 3 is 2.19 bits per heavy atom. The van der Waals surface area contributed by atoms with Crippen LogP contribution in [0.3, 0.4) is 0 Å². The van der Waals surface area contributed by atoms with Crippen LogP contribution in [0, 0.1) is 6.92 Å². The number of nitrogens with one attached hydrogen (secondary N) is 2. The summed E-state index contributed by atoms with van der Waals surface area (Å²) < 4.78 is 1.94. The summed E-state index contributed by atoms with van der Waals surface area (Å²) in [5, 5.41) is 7.00. The largest absolute Gasteiger partial charge is 0.375 e. The van der Waals surface area contributed by atoms with E-state index >= 15 is 0 Å². The second kappa shape index (κ2) is 10.4. The molecule has 0 saturated heterocycles. The number of aryl methyl sites for hydroxylation is 1. The number of para-hydroxylation sites is 3. The molecule has 0 unspecified atom stereocenters. The fourth-order valence-electron chi connectivity index (χ4n) is 4.19. The zero-order chi connectivity index (χ0) is 25.8. The molecule has 0 fully saturated rings. The molecule has 7 nitrogen and oxygen atoms in total. The highest BCUT2D eigenvalue weighted by atomic mass is 16.2. The third kappa shape index (κ3) is 5.06. The molecule has 5 rings (SSSR count). The van der Waals surface area contributed by atoms with Gasteiger partial charge < -0.3 is 15.5 Å². The summed E-state index contributed by atoms with van der Waals surface area (Å²) in [6.07, 6.45) is 0. The maximum Gasteiger partial charge on any atom is 0.246 e. The van der Waals surface area contributed by atoms with Crippen LogP contribution in [-0.2, 0) is 4.79 Å². The highest BCUT2D eigenvalue weighted by molar-refractivity contribution is 5.96. The molecule has 2 aromatic heterocycles. The van der Waals surface area contributed by atoms with Crippen LogP contribution in [-0.4, -0.2) is 29.1 Å². The average Bonchev–Trinajstić information content (AvgIpc) is 2.93. The summed E-state index contributed by atoms with van der Waals surface area (Å²) in [6, 6.07) is 32.3. The van der Waals surface area contributed by atoms with E-state index in [2.05, 4.69) is 10.6 Å². The second-order valence-electron chi connectivity index (χ2n) is 8.69. The number of carbonyl (C=O) groups is 1.